The third-order valence-corrected chi connectivity index (χ3v) is 1.18. The van der Waals surface area contributed by atoms with E-state index in [0.717, 1.165) is 11.5 Å². The van der Waals surface area contributed by atoms with Gasteiger partial charge in [0.25, 0.3) is 0 Å². The monoisotopic (exact) mass is 168 g/mol. The van der Waals surface area contributed by atoms with E-state index in [0.29, 0.717) is 6.79 Å². The summed E-state index contributed by atoms with van der Waals surface area (Å²) in [6, 6.07) is 0. The SMILES string of the molecule is C=CC1=C(/C=C\C)OCO1.CC. The molecule has 0 saturated heterocycles. The van der Waals surface area contributed by atoms with E-state index in [4.69, 9.17) is 9.47 Å². The van der Waals surface area contributed by atoms with Crippen molar-refractivity contribution in [3.05, 3.63) is 36.3 Å². The summed E-state index contributed by atoms with van der Waals surface area (Å²) in [5, 5.41) is 0. The molecule has 0 aromatic heterocycles. The smallest absolute Gasteiger partial charge is 0.231 e. The van der Waals surface area contributed by atoms with E-state index < -0.39 is 0 Å². The molecule has 0 spiro atoms. The van der Waals surface area contributed by atoms with Crippen LogP contribution in [0, 0.1) is 0 Å². The van der Waals surface area contributed by atoms with Crippen LogP contribution >= 0.6 is 0 Å². The van der Waals surface area contributed by atoms with Gasteiger partial charge in [-0.1, -0.05) is 26.5 Å². The molecule has 0 radical (unpaired) electrons. The molecule has 1 rings (SSSR count). The molecule has 0 fully saturated rings. The van der Waals surface area contributed by atoms with E-state index in [1.165, 1.54) is 0 Å². The molecule has 1 aliphatic heterocycles. The topological polar surface area (TPSA) is 18.5 Å². The fourth-order valence-electron chi connectivity index (χ4n) is 0.740. The summed E-state index contributed by atoms with van der Waals surface area (Å²) < 4.78 is 10.2. The van der Waals surface area contributed by atoms with Crippen LogP contribution in [0.2, 0.25) is 0 Å². The Morgan fingerprint density at radius 2 is 1.83 bits per heavy atom. The van der Waals surface area contributed by atoms with Crippen molar-refractivity contribution in [1.29, 1.82) is 0 Å². The van der Waals surface area contributed by atoms with Crippen LogP contribution in [0.15, 0.2) is 36.3 Å². The lowest BCUT2D eigenvalue weighted by Crippen LogP contribution is -1.80. The Morgan fingerprint density at radius 1 is 1.25 bits per heavy atom. The standard InChI is InChI=1S/C8H10O2.C2H6/c1-3-5-8-7(4-2)9-6-10-8;1-2/h3-5H,2,6H2,1H3;1-2H3/b5-3-;. The summed E-state index contributed by atoms with van der Waals surface area (Å²) in [4.78, 5) is 0. The minimum Gasteiger partial charge on any atom is -0.454 e. The van der Waals surface area contributed by atoms with Crippen LogP contribution in [0.5, 0.6) is 0 Å². The summed E-state index contributed by atoms with van der Waals surface area (Å²) >= 11 is 0. The fraction of sp³-hybridized carbons (Fsp3) is 0.400. The van der Waals surface area contributed by atoms with E-state index in [1.807, 2.05) is 32.9 Å². The molecule has 12 heavy (non-hydrogen) atoms. The zero-order chi connectivity index (χ0) is 9.40. The highest BCUT2D eigenvalue weighted by molar-refractivity contribution is 5.24. The number of ether oxygens (including phenoxy) is 2. The second-order valence-corrected chi connectivity index (χ2v) is 1.84. The second-order valence-electron chi connectivity index (χ2n) is 1.84. The third-order valence-electron chi connectivity index (χ3n) is 1.18. The van der Waals surface area contributed by atoms with Crippen molar-refractivity contribution in [3.8, 4) is 0 Å². The quantitative estimate of drug-likeness (QED) is 0.631. The van der Waals surface area contributed by atoms with Crippen LogP contribution in [0.4, 0.5) is 0 Å². The molecule has 0 aromatic carbocycles. The second kappa shape index (κ2) is 6.53. The molecule has 0 atom stereocenters. The molecule has 68 valence electrons. The third kappa shape index (κ3) is 2.82. The van der Waals surface area contributed by atoms with Crippen LogP contribution in [-0.4, -0.2) is 6.79 Å². The number of allylic oxidation sites excluding steroid dienone is 3. The van der Waals surface area contributed by atoms with E-state index in [2.05, 4.69) is 6.58 Å². The highest BCUT2D eigenvalue weighted by Crippen LogP contribution is 2.17. The van der Waals surface area contributed by atoms with Crippen LogP contribution in [0.1, 0.15) is 20.8 Å². The molecule has 0 unspecified atom stereocenters. The van der Waals surface area contributed by atoms with Gasteiger partial charge >= 0.3 is 0 Å². The van der Waals surface area contributed by atoms with Gasteiger partial charge in [-0.25, -0.2) is 0 Å². The molecule has 0 N–H and O–H groups in total. The van der Waals surface area contributed by atoms with Crippen LogP contribution in [-0.2, 0) is 9.47 Å². The highest BCUT2D eigenvalue weighted by Gasteiger charge is 2.10. The zero-order valence-electron chi connectivity index (χ0n) is 7.96. The van der Waals surface area contributed by atoms with Gasteiger partial charge in [-0.2, -0.15) is 0 Å². The lowest BCUT2D eigenvalue weighted by Gasteiger charge is -1.89. The molecular weight excluding hydrogens is 152 g/mol. The maximum Gasteiger partial charge on any atom is 0.231 e. The summed E-state index contributed by atoms with van der Waals surface area (Å²) in [5.74, 6) is 1.48. The average molecular weight is 168 g/mol. The van der Waals surface area contributed by atoms with E-state index in [9.17, 15) is 0 Å². The minimum absolute atomic E-state index is 0.307. The van der Waals surface area contributed by atoms with Gasteiger partial charge in [0, 0.05) is 0 Å². The van der Waals surface area contributed by atoms with Gasteiger partial charge in [0.2, 0.25) is 6.79 Å². The van der Waals surface area contributed by atoms with Crippen molar-refractivity contribution >= 4 is 0 Å². The summed E-state index contributed by atoms with van der Waals surface area (Å²) in [7, 11) is 0. The first-order valence-electron chi connectivity index (χ1n) is 4.13. The van der Waals surface area contributed by atoms with Gasteiger partial charge in [-0.05, 0) is 19.1 Å². The first kappa shape index (κ1) is 10.8. The largest absolute Gasteiger partial charge is 0.454 e. The highest BCUT2D eigenvalue weighted by atomic mass is 16.7. The van der Waals surface area contributed by atoms with Gasteiger partial charge in [-0.3, -0.25) is 0 Å². The van der Waals surface area contributed by atoms with Gasteiger partial charge < -0.3 is 9.47 Å². The fourth-order valence-corrected chi connectivity index (χ4v) is 0.740. The van der Waals surface area contributed by atoms with Crippen molar-refractivity contribution < 1.29 is 9.47 Å². The van der Waals surface area contributed by atoms with Crippen molar-refractivity contribution in [2.45, 2.75) is 20.8 Å². The predicted octanol–water partition coefficient (Wildman–Crippen LogP) is 2.99. The summed E-state index contributed by atoms with van der Waals surface area (Å²) in [5.41, 5.74) is 0. The number of hydrogen-bond donors (Lipinski definition) is 0. The van der Waals surface area contributed by atoms with Crippen molar-refractivity contribution in [1.82, 2.24) is 0 Å². The molecule has 0 aromatic rings. The molecule has 0 saturated carbocycles. The van der Waals surface area contributed by atoms with Crippen molar-refractivity contribution in [2.24, 2.45) is 0 Å². The van der Waals surface area contributed by atoms with Crippen molar-refractivity contribution in [2.75, 3.05) is 6.79 Å². The Labute approximate surface area is 74.2 Å². The lowest BCUT2D eigenvalue weighted by molar-refractivity contribution is 0.0778. The maximum absolute atomic E-state index is 5.10. The van der Waals surface area contributed by atoms with E-state index >= 15 is 0 Å². The number of hydrogen-bond acceptors (Lipinski definition) is 2. The summed E-state index contributed by atoms with van der Waals surface area (Å²) in [6.45, 7) is 9.81. The number of rotatable bonds is 2. The molecule has 2 nitrogen and oxygen atoms in total. The summed E-state index contributed by atoms with van der Waals surface area (Å²) in [6.07, 6.45) is 5.39. The molecule has 0 amide bonds. The van der Waals surface area contributed by atoms with E-state index in [-0.39, 0.29) is 0 Å². The Balaban J connectivity index is 0.000000561. The van der Waals surface area contributed by atoms with Crippen molar-refractivity contribution in [3.63, 3.8) is 0 Å². The van der Waals surface area contributed by atoms with Gasteiger partial charge in [-0.15, -0.1) is 0 Å². The molecule has 0 aliphatic carbocycles. The normalized spacial score (nSPS) is 14.9. The molecule has 1 heterocycles. The maximum atomic E-state index is 5.10. The lowest BCUT2D eigenvalue weighted by atomic mass is 10.3. The van der Waals surface area contributed by atoms with Crippen LogP contribution in [0.3, 0.4) is 0 Å². The van der Waals surface area contributed by atoms with Crippen LogP contribution in [0.25, 0.3) is 0 Å². The van der Waals surface area contributed by atoms with Crippen LogP contribution < -0.4 is 0 Å². The van der Waals surface area contributed by atoms with Gasteiger partial charge in [0.05, 0.1) is 0 Å². The Morgan fingerprint density at radius 3 is 2.33 bits per heavy atom. The van der Waals surface area contributed by atoms with Gasteiger partial charge in [0.1, 0.15) is 0 Å². The first-order valence-corrected chi connectivity index (χ1v) is 4.13. The Kier molecular flexibility index (Phi) is 5.88. The van der Waals surface area contributed by atoms with E-state index in [1.54, 1.807) is 6.08 Å². The van der Waals surface area contributed by atoms with Gasteiger partial charge in [0.15, 0.2) is 11.5 Å². The molecule has 0 bridgehead atoms. The molecule has 1 aliphatic rings. The Bertz CT molecular complexity index is 190. The predicted molar refractivity (Wildman–Crippen MR) is 50.4 cm³/mol. The minimum atomic E-state index is 0.307. The zero-order valence-corrected chi connectivity index (χ0v) is 7.96. The molecular formula is C10H16O2. The first-order chi connectivity index (χ1) is 5.88. The average Bonchev–Trinajstić information content (AvgIpc) is 2.56. The Hall–Kier alpha value is -1.18. The molecule has 2 heteroatoms.